The number of likely N-dealkylation sites (N-methyl/N-ethyl adjacent to an activating group) is 1. The van der Waals surface area contributed by atoms with Gasteiger partial charge in [0.15, 0.2) is 5.16 Å². The highest BCUT2D eigenvalue weighted by molar-refractivity contribution is 7.99. The van der Waals surface area contributed by atoms with E-state index >= 15 is 0 Å². The van der Waals surface area contributed by atoms with Crippen molar-refractivity contribution in [3.05, 3.63) is 46.3 Å². The van der Waals surface area contributed by atoms with E-state index in [2.05, 4.69) is 15.3 Å². The Balaban J connectivity index is 1.91. The molecule has 0 atom stereocenters. The van der Waals surface area contributed by atoms with E-state index in [9.17, 15) is 9.59 Å². The van der Waals surface area contributed by atoms with Crippen molar-refractivity contribution in [1.82, 2.24) is 14.9 Å². The zero-order valence-corrected chi connectivity index (χ0v) is 17.5. The molecule has 27 heavy (non-hydrogen) atoms. The van der Waals surface area contributed by atoms with Gasteiger partial charge >= 0.3 is 0 Å². The number of thioether (sulfide) groups is 1. The summed E-state index contributed by atoms with van der Waals surface area (Å²) < 4.78 is 0. The standard InChI is InChI=1S/C20H26N4O2S/c1-12-8-7-9-13(2)19(12)23-17(25)10-24(6)18(26)11-27-20-21-15(4)14(3)16(5)22-20/h7-9H,10-11H2,1-6H3,(H,23,25). The number of carbonyl (C=O) groups excluding carboxylic acids is 2. The molecule has 6 nitrogen and oxygen atoms in total. The number of nitrogens with one attached hydrogen (secondary N) is 1. The molecule has 1 aromatic heterocycles. The van der Waals surface area contributed by atoms with E-state index in [1.807, 2.05) is 52.8 Å². The Morgan fingerprint density at radius 2 is 1.59 bits per heavy atom. The molecule has 1 aromatic carbocycles. The summed E-state index contributed by atoms with van der Waals surface area (Å²) in [6, 6.07) is 5.84. The number of anilines is 1. The molecule has 2 aromatic rings. The Morgan fingerprint density at radius 3 is 2.15 bits per heavy atom. The molecule has 2 rings (SSSR count). The molecule has 0 unspecified atom stereocenters. The first-order valence-corrected chi connectivity index (χ1v) is 9.72. The van der Waals surface area contributed by atoms with Crippen molar-refractivity contribution in [3.8, 4) is 0 Å². The van der Waals surface area contributed by atoms with Crippen molar-refractivity contribution < 1.29 is 9.59 Å². The Kier molecular flexibility index (Phi) is 6.96. The number of aryl methyl sites for hydroxylation is 4. The first-order chi connectivity index (χ1) is 12.7. The van der Waals surface area contributed by atoms with Gasteiger partial charge in [0.1, 0.15) is 0 Å². The maximum atomic E-state index is 12.3. The molecule has 0 aliphatic heterocycles. The molecular formula is C20H26N4O2S. The summed E-state index contributed by atoms with van der Waals surface area (Å²) in [7, 11) is 1.62. The van der Waals surface area contributed by atoms with Crippen molar-refractivity contribution in [3.63, 3.8) is 0 Å². The average molecular weight is 387 g/mol. The minimum absolute atomic E-state index is 0.0000217. The average Bonchev–Trinajstić information content (AvgIpc) is 2.60. The number of hydrogen-bond donors (Lipinski definition) is 1. The van der Waals surface area contributed by atoms with Crippen LogP contribution in [0, 0.1) is 34.6 Å². The van der Waals surface area contributed by atoms with E-state index in [1.54, 1.807) is 7.05 Å². The lowest BCUT2D eigenvalue weighted by molar-refractivity contribution is -0.131. The summed E-state index contributed by atoms with van der Waals surface area (Å²) in [5.41, 5.74) is 5.69. The minimum atomic E-state index is -0.216. The summed E-state index contributed by atoms with van der Waals surface area (Å²) in [6.45, 7) is 9.73. The lowest BCUT2D eigenvalue weighted by atomic mass is 10.1. The Labute approximate surface area is 164 Å². The fourth-order valence-electron chi connectivity index (χ4n) is 2.54. The second-order valence-corrected chi connectivity index (χ2v) is 7.60. The highest BCUT2D eigenvalue weighted by atomic mass is 32.2. The number of rotatable bonds is 6. The Hall–Kier alpha value is -2.41. The zero-order chi connectivity index (χ0) is 20.1. The summed E-state index contributed by atoms with van der Waals surface area (Å²) in [4.78, 5) is 34.9. The zero-order valence-electron chi connectivity index (χ0n) is 16.7. The highest BCUT2D eigenvalue weighted by Gasteiger charge is 2.16. The van der Waals surface area contributed by atoms with E-state index in [0.717, 1.165) is 33.8 Å². The molecule has 0 radical (unpaired) electrons. The number of nitrogens with zero attached hydrogens (tertiary/aromatic N) is 3. The third-order valence-electron chi connectivity index (χ3n) is 4.49. The molecule has 1 heterocycles. The molecule has 0 aliphatic carbocycles. The van der Waals surface area contributed by atoms with Crippen LogP contribution in [0.5, 0.6) is 0 Å². The van der Waals surface area contributed by atoms with Crippen LogP contribution in [0.1, 0.15) is 28.1 Å². The van der Waals surface area contributed by atoms with Gasteiger partial charge < -0.3 is 10.2 Å². The number of aromatic nitrogens is 2. The molecule has 0 aliphatic rings. The number of carbonyl (C=O) groups is 2. The fourth-order valence-corrected chi connectivity index (χ4v) is 3.41. The van der Waals surface area contributed by atoms with Crippen LogP contribution in [0.25, 0.3) is 0 Å². The van der Waals surface area contributed by atoms with Gasteiger partial charge in [0.05, 0.1) is 12.3 Å². The van der Waals surface area contributed by atoms with Crippen LogP contribution >= 0.6 is 11.8 Å². The molecule has 0 fully saturated rings. The minimum Gasteiger partial charge on any atom is -0.336 e. The van der Waals surface area contributed by atoms with Crippen LogP contribution in [0.2, 0.25) is 0 Å². The van der Waals surface area contributed by atoms with Gasteiger partial charge in [0, 0.05) is 24.1 Å². The first-order valence-electron chi connectivity index (χ1n) is 8.73. The van der Waals surface area contributed by atoms with E-state index in [0.29, 0.717) is 5.16 Å². The van der Waals surface area contributed by atoms with Crippen molar-refractivity contribution in [2.24, 2.45) is 0 Å². The van der Waals surface area contributed by atoms with Gasteiger partial charge in [-0.05, 0) is 51.3 Å². The SMILES string of the molecule is Cc1cccc(C)c1NC(=O)CN(C)C(=O)CSc1nc(C)c(C)c(C)n1. The van der Waals surface area contributed by atoms with Gasteiger partial charge in [0.25, 0.3) is 0 Å². The number of hydrogen-bond acceptors (Lipinski definition) is 5. The van der Waals surface area contributed by atoms with Crippen LogP contribution in [0.3, 0.4) is 0 Å². The Morgan fingerprint density at radius 1 is 1.04 bits per heavy atom. The highest BCUT2D eigenvalue weighted by Crippen LogP contribution is 2.20. The van der Waals surface area contributed by atoms with E-state index in [-0.39, 0.29) is 24.1 Å². The van der Waals surface area contributed by atoms with E-state index < -0.39 is 0 Å². The molecule has 2 amide bonds. The van der Waals surface area contributed by atoms with E-state index in [4.69, 9.17) is 0 Å². The predicted molar refractivity (Wildman–Crippen MR) is 109 cm³/mol. The van der Waals surface area contributed by atoms with Crippen LogP contribution in [-0.2, 0) is 9.59 Å². The molecule has 7 heteroatoms. The Bertz CT molecular complexity index is 824. The largest absolute Gasteiger partial charge is 0.336 e. The van der Waals surface area contributed by atoms with Crippen LogP contribution in [-0.4, -0.2) is 46.0 Å². The van der Waals surface area contributed by atoms with Crippen LogP contribution in [0.4, 0.5) is 5.69 Å². The summed E-state index contributed by atoms with van der Waals surface area (Å²) in [5, 5.41) is 3.48. The predicted octanol–water partition coefficient (Wildman–Crippen LogP) is 3.21. The molecule has 1 N–H and O–H groups in total. The summed E-state index contributed by atoms with van der Waals surface area (Å²) >= 11 is 1.28. The molecule has 0 saturated heterocycles. The number of para-hydroxylation sites is 1. The monoisotopic (exact) mass is 386 g/mol. The lowest BCUT2D eigenvalue weighted by Gasteiger charge is -2.18. The summed E-state index contributed by atoms with van der Waals surface area (Å²) in [5.74, 6) is -0.169. The fraction of sp³-hybridized carbons (Fsp3) is 0.400. The number of amides is 2. The normalized spacial score (nSPS) is 10.6. The maximum Gasteiger partial charge on any atom is 0.243 e. The second kappa shape index (κ2) is 8.99. The van der Waals surface area contributed by atoms with Crippen LogP contribution < -0.4 is 5.32 Å². The molecule has 0 saturated carbocycles. The molecule has 0 spiro atoms. The smallest absolute Gasteiger partial charge is 0.243 e. The number of benzene rings is 1. The van der Waals surface area contributed by atoms with Gasteiger partial charge in [0.2, 0.25) is 11.8 Å². The summed E-state index contributed by atoms with van der Waals surface area (Å²) in [6.07, 6.45) is 0. The topological polar surface area (TPSA) is 75.2 Å². The third-order valence-corrected chi connectivity index (χ3v) is 5.32. The van der Waals surface area contributed by atoms with Crippen molar-refractivity contribution in [1.29, 1.82) is 0 Å². The van der Waals surface area contributed by atoms with Crippen molar-refractivity contribution >= 4 is 29.3 Å². The van der Waals surface area contributed by atoms with Gasteiger partial charge in [-0.2, -0.15) is 0 Å². The van der Waals surface area contributed by atoms with Gasteiger partial charge in [-0.25, -0.2) is 9.97 Å². The second-order valence-electron chi connectivity index (χ2n) is 6.66. The van der Waals surface area contributed by atoms with Crippen molar-refractivity contribution in [2.45, 2.75) is 39.8 Å². The third kappa shape index (κ3) is 5.53. The van der Waals surface area contributed by atoms with Crippen molar-refractivity contribution in [2.75, 3.05) is 24.7 Å². The first kappa shape index (κ1) is 20.9. The molecule has 144 valence electrons. The lowest BCUT2D eigenvalue weighted by Crippen LogP contribution is -2.36. The molecule has 0 bridgehead atoms. The quantitative estimate of drug-likeness (QED) is 0.609. The van der Waals surface area contributed by atoms with Gasteiger partial charge in [-0.3, -0.25) is 9.59 Å². The molecular weight excluding hydrogens is 360 g/mol. The van der Waals surface area contributed by atoms with Gasteiger partial charge in [-0.1, -0.05) is 30.0 Å². The maximum absolute atomic E-state index is 12.3. The van der Waals surface area contributed by atoms with Crippen LogP contribution in [0.15, 0.2) is 23.4 Å². The van der Waals surface area contributed by atoms with Gasteiger partial charge in [-0.15, -0.1) is 0 Å². The van der Waals surface area contributed by atoms with E-state index in [1.165, 1.54) is 16.7 Å².